The predicted octanol–water partition coefficient (Wildman–Crippen LogP) is 4.77. The fraction of sp³-hybridized carbons (Fsp3) is 0.120. The second-order valence-electron chi connectivity index (χ2n) is 7.29. The molecule has 0 amide bonds. The second-order valence-corrected chi connectivity index (χ2v) is 7.29. The third kappa shape index (κ3) is 8.43. The number of anilines is 2. The Hall–Kier alpha value is -4.47. The molecule has 3 aromatic rings. The van der Waals surface area contributed by atoms with Crippen LogP contribution in [0.15, 0.2) is 72.8 Å². The van der Waals surface area contributed by atoms with Crippen molar-refractivity contribution in [2.24, 2.45) is 0 Å². The normalized spacial score (nSPS) is 11.3. The molecule has 7 nitrogen and oxygen atoms in total. The van der Waals surface area contributed by atoms with Gasteiger partial charge >= 0.3 is 18.3 Å². The zero-order chi connectivity index (χ0) is 25.4. The summed E-state index contributed by atoms with van der Waals surface area (Å²) in [5.41, 5.74) is 14.1. The Labute approximate surface area is 198 Å². The van der Waals surface area contributed by atoms with E-state index in [1.54, 1.807) is 30.3 Å². The van der Waals surface area contributed by atoms with Crippen LogP contribution >= 0.6 is 0 Å². The summed E-state index contributed by atoms with van der Waals surface area (Å²) in [5, 5.41) is 0. The molecule has 4 N–H and O–H groups in total. The summed E-state index contributed by atoms with van der Waals surface area (Å²) in [6.07, 6.45) is -1.56. The van der Waals surface area contributed by atoms with Crippen molar-refractivity contribution in [2.45, 2.75) is 12.8 Å². The number of benzene rings is 3. The Morgan fingerprint density at radius 3 is 2.06 bits per heavy atom. The highest BCUT2D eigenvalue weighted by Crippen LogP contribution is 2.23. The number of halogens is 3. The molecule has 0 unspecified atom stereocenters. The fourth-order valence-corrected chi connectivity index (χ4v) is 2.98. The summed E-state index contributed by atoms with van der Waals surface area (Å²) in [5.74, 6) is -1.52. The van der Waals surface area contributed by atoms with Crippen molar-refractivity contribution in [1.82, 2.24) is 0 Å². The molecule has 0 aliphatic carbocycles. The Morgan fingerprint density at radius 2 is 1.46 bits per heavy atom. The average Bonchev–Trinajstić information content (AvgIpc) is 2.77. The summed E-state index contributed by atoms with van der Waals surface area (Å²) < 4.78 is 50.7. The van der Waals surface area contributed by atoms with Gasteiger partial charge in [-0.15, -0.1) is 13.2 Å². The van der Waals surface area contributed by atoms with Crippen LogP contribution in [0, 0.1) is 0 Å². The SMILES string of the molecule is Nc1cc(N)cc(CCOC(=O)C=Cc2ccc(OC(=O)c3ccc(OC(F)(F)F)cc3)cc2)c1. The van der Waals surface area contributed by atoms with Gasteiger partial charge in [-0.1, -0.05) is 12.1 Å². The molecule has 182 valence electrons. The molecule has 0 heterocycles. The van der Waals surface area contributed by atoms with Gasteiger partial charge in [-0.25, -0.2) is 9.59 Å². The Balaban J connectivity index is 1.47. The first-order valence-electron chi connectivity index (χ1n) is 10.3. The lowest BCUT2D eigenvalue weighted by molar-refractivity contribution is -0.274. The molecule has 0 fully saturated rings. The van der Waals surface area contributed by atoms with Crippen LogP contribution in [0.4, 0.5) is 24.5 Å². The quantitative estimate of drug-likeness (QED) is 0.204. The highest BCUT2D eigenvalue weighted by Gasteiger charge is 2.31. The van der Waals surface area contributed by atoms with E-state index in [4.69, 9.17) is 20.9 Å². The summed E-state index contributed by atoms with van der Waals surface area (Å²) in [7, 11) is 0. The lowest BCUT2D eigenvalue weighted by Crippen LogP contribution is -2.17. The van der Waals surface area contributed by atoms with Gasteiger partial charge in [0.1, 0.15) is 11.5 Å². The lowest BCUT2D eigenvalue weighted by atomic mass is 10.1. The van der Waals surface area contributed by atoms with Gasteiger partial charge in [-0.3, -0.25) is 0 Å². The molecular weight excluding hydrogens is 465 g/mol. The van der Waals surface area contributed by atoms with Crippen LogP contribution < -0.4 is 20.9 Å². The number of nitrogens with two attached hydrogens (primary N) is 2. The summed E-state index contributed by atoms with van der Waals surface area (Å²) in [4.78, 5) is 24.1. The van der Waals surface area contributed by atoms with Gasteiger partial charge in [0.05, 0.1) is 12.2 Å². The lowest BCUT2D eigenvalue weighted by Gasteiger charge is -2.09. The molecular formula is C25H21F3N2O5. The summed E-state index contributed by atoms with van der Waals surface area (Å²) >= 11 is 0. The van der Waals surface area contributed by atoms with Crippen LogP contribution in [0.3, 0.4) is 0 Å². The van der Waals surface area contributed by atoms with E-state index in [0.717, 1.165) is 29.8 Å². The monoisotopic (exact) mass is 486 g/mol. The standard InChI is InChI=1S/C25H21F3N2O5/c26-25(27,28)35-22-8-4-18(5-9-22)24(32)34-21-6-1-16(2-7-21)3-10-23(31)33-12-11-17-13-19(29)15-20(30)14-17/h1-10,13-15H,11-12,29-30H2. The number of alkyl halides is 3. The van der Waals surface area contributed by atoms with Gasteiger partial charge in [0, 0.05) is 23.9 Å². The Kier molecular flexibility index (Phi) is 7.98. The molecule has 0 aliphatic rings. The van der Waals surface area contributed by atoms with Crippen molar-refractivity contribution in [2.75, 3.05) is 18.1 Å². The highest BCUT2D eigenvalue weighted by atomic mass is 19.4. The van der Waals surface area contributed by atoms with E-state index in [1.165, 1.54) is 24.3 Å². The molecule has 0 bridgehead atoms. The maximum absolute atomic E-state index is 12.2. The molecule has 0 saturated carbocycles. The topological polar surface area (TPSA) is 114 Å². The third-order valence-corrected chi connectivity index (χ3v) is 4.50. The first kappa shape index (κ1) is 25.2. The van der Waals surface area contributed by atoms with Crippen molar-refractivity contribution in [3.8, 4) is 11.5 Å². The van der Waals surface area contributed by atoms with Crippen LogP contribution in [0.2, 0.25) is 0 Å². The van der Waals surface area contributed by atoms with Crippen molar-refractivity contribution >= 4 is 29.4 Å². The van der Waals surface area contributed by atoms with Crippen LogP contribution in [-0.2, 0) is 16.0 Å². The van der Waals surface area contributed by atoms with Gasteiger partial charge in [0.15, 0.2) is 0 Å². The molecule has 0 aliphatic heterocycles. The van der Waals surface area contributed by atoms with E-state index in [-0.39, 0.29) is 17.9 Å². The highest BCUT2D eigenvalue weighted by molar-refractivity contribution is 5.91. The number of carbonyl (C=O) groups excluding carboxylic acids is 2. The van der Waals surface area contributed by atoms with E-state index in [1.807, 2.05) is 0 Å². The van der Waals surface area contributed by atoms with Crippen molar-refractivity contribution < 1.29 is 37.0 Å². The van der Waals surface area contributed by atoms with E-state index in [2.05, 4.69) is 4.74 Å². The molecule has 0 spiro atoms. The molecule has 0 atom stereocenters. The first-order chi connectivity index (χ1) is 16.6. The van der Waals surface area contributed by atoms with Gasteiger partial charge in [-0.2, -0.15) is 0 Å². The largest absolute Gasteiger partial charge is 0.573 e. The first-order valence-corrected chi connectivity index (χ1v) is 10.3. The maximum Gasteiger partial charge on any atom is 0.573 e. The molecule has 0 radical (unpaired) electrons. The van der Waals surface area contributed by atoms with Gasteiger partial charge in [-0.05, 0) is 71.8 Å². The van der Waals surface area contributed by atoms with E-state index in [9.17, 15) is 22.8 Å². The third-order valence-electron chi connectivity index (χ3n) is 4.50. The van der Waals surface area contributed by atoms with E-state index < -0.39 is 24.1 Å². The summed E-state index contributed by atoms with van der Waals surface area (Å²) in [6, 6.07) is 15.7. The number of carbonyl (C=O) groups is 2. The Bertz CT molecular complexity index is 1190. The number of esters is 2. The minimum Gasteiger partial charge on any atom is -0.462 e. The van der Waals surface area contributed by atoms with Gasteiger partial charge in [0.25, 0.3) is 0 Å². The molecule has 10 heteroatoms. The van der Waals surface area contributed by atoms with Crippen molar-refractivity contribution in [3.05, 3.63) is 89.5 Å². The predicted molar refractivity (Wildman–Crippen MR) is 123 cm³/mol. The number of hydrogen-bond donors (Lipinski definition) is 2. The maximum atomic E-state index is 12.2. The Morgan fingerprint density at radius 1 is 0.857 bits per heavy atom. The summed E-state index contributed by atoms with van der Waals surface area (Å²) in [6.45, 7) is 0.157. The molecule has 35 heavy (non-hydrogen) atoms. The number of ether oxygens (including phenoxy) is 3. The molecule has 0 aromatic heterocycles. The minimum absolute atomic E-state index is 0.0483. The zero-order valence-corrected chi connectivity index (χ0v) is 18.2. The zero-order valence-electron chi connectivity index (χ0n) is 18.2. The smallest absolute Gasteiger partial charge is 0.462 e. The number of rotatable bonds is 8. The van der Waals surface area contributed by atoms with Crippen LogP contribution in [0.5, 0.6) is 11.5 Å². The van der Waals surface area contributed by atoms with Gasteiger partial charge in [0.2, 0.25) is 0 Å². The van der Waals surface area contributed by atoms with Crippen LogP contribution in [0.25, 0.3) is 6.08 Å². The molecule has 3 rings (SSSR count). The van der Waals surface area contributed by atoms with Crippen molar-refractivity contribution in [3.63, 3.8) is 0 Å². The van der Waals surface area contributed by atoms with Crippen LogP contribution in [0.1, 0.15) is 21.5 Å². The molecule has 3 aromatic carbocycles. The minimum atomic E-state index is -4.82. The van der Waals surface area contributed by atoms with E-state index >= 15 is 0 Å². The average molecular weight is 486 g/mol. The number of hydrogen-bond acceptors (Lipinski definition) is 7. The van der Waals surface area contributed by atoms with Gasteiger partial charge < -0.3 is 25.7 Å². The van der Waals surface area contributed by atoms with Crippen molar-refractivity contribution in [1.29, 1.82) is 0 Å². The number of nitrogen functional groups attached to an aromatic ring is 2. The molecule has 0 saturated heterocycles. The van der Waals surface area contributed by atoms with Crippen LogP contribution in [-0.4, -0.2) is 24.9 Å². The second kappa shape index (κ2) is 11.1. The van der Waals surface area contributed by atoms with E-state index in [0.29, 0.717) is 23.4 Å². The fourth-order valence-electron chi connectivity index (χ4n) is 2.98.